The Bertz CT molecular complexity index is 470. The molecule has 1 N–H and O–H groups in total. The van der Waals surface area contributed by atoms with E-state index in [1.807, 2.05) is 0 Å². The Morgan fingerprint density at radius 1 is 1.35 bits per heavy atom. The van der Waals surface area contributed by atoms with Crippen LogP contribution in [0.1, 0.15) is 45.2 Å². The van der Waals surface area contributed by atoms with Crippen molar-refractivity contribution in [3.05, 3.63) is 34.3 Å². The van der Waals surface area contributed by atoms with Gasteiger partial charge in [-0.15, -0.1) is 0 Å². The van der Waals surface area contributed by atoms with Gasteiger partial charge in [-0.3, -0.25) is 0 Å². The molecule has 1 saturated heterocycles. The molecule has 1 aromatic carbocycles. The van der Waals surface area contributed by atoms with Crippen LogP contribution in [0, 0.1) is 11.3 Å². The van der Waals surface area contributed by atoms with E-state index >= 15 is 0 Å². The van der Waals surface area contributed by atoms with Crippen molar-refractivity contribution >= 4 is 15.9 Å². The molecular weight excluding hydrogens is 314 g/mol. The molecule has 1 aliphatic carbocycles. The third-order valence-electron chi connectivity index (χ3n) is 5.16. The van der Waals surface area contributed by atoms with Crippen molar-refractivity contribution in [2.24, 2.45) is 11.3 Å². The summed E-state index contributed by atoms with van der Waals surface area (Å²) < 4.78 is 7.03. The van der Waals surface area contributed by atoms with E-state index in [9.17, 15) is 0 Å². The minimum absolute atomic E-state index is 0.254. The van der Waals surface area contributed by atoms with Gasteiger partial charge in [0.2, 0.25) is 0 Å². The van der Waals surface area contributed by atoms with Gasteiger partial charge in [0.25, 0.3) is 0 Å². The van der Waals surface area contributed by atoms with Gasteiger partial charge in [0.1, 0.15) is 0 Å². The lowest BCUT2D eigenvalue weighted by Gasteiger charge is -2.56. The van der Waals surface area contributed by atoms with Gasteiger partial charge in [-0.25, -0.2) is 0 Å². The van der Waals surface area contributed by atoms with Crippen LogP contribution in [0.5, 0.6) is 0 Å². The highest BCUT2D eigenvalue weighted by Crippen LogP contribution is 2.52. The standard InChI is InChI=1S/C17H24BrNO/c1-4-14(11-5-7-12(18)8-6-11)19-15-13-9-10-20-16(13)17(15,2)3/h5-8,13-16,19H,4,9-10H2,1-3H3. The maximum absolute atomic E-state index is 5.89. The Hall–Kier alpha value is -0.380. The molecule has 2 nitrogen and oxygen atoms in total. The molecule has 110 valence electrons. The predicted octanol–water partition coefficient (Wildman–Crippen LogP) is 4.30. The molecule has 20 heavy (non-hydrogen) atoms. The number of rotatable bonds is 4. The molecule has 0 bridgehead atoms. The van der Waals surface area contributed by atoms with Crippen LogP contribution >= 0.6 is 15.9 Å². The number of hydrogen-bond acceptors (Lipinski definition) is 2. The van der Waals surface area contributed by atoms with E-state index in [-0.39, 0.29) is 5.41 Å². The van der Waals surface area contributed by atoms with Crippen LogP contribution in [-0.2, 0) is 4.74 Å². The Labute approximate surface area is 130 Å². The maximum Gasteiger partial charge on any atom is 0.0685 e. The molecular formula is C17H24BrNO. The summed E-state index contributed by atoms with van der Waals surface area (Å²) in [5.41, 5.74) is 1.64. The summed E-state index contributed by atoms with van der Waals surface area (Å²) in [5.74, 6) is 0.703. The van der Waals surface area contributed by atoms with Crippen LogP contribution in [-0.4, -0.2) is 18.8 Å². The second-order valence-electron chi connectivity index (χ2n) is 6.72. The highest BCUT2D eigenvalue weighted by molar-refractivity contribution is 9.10. The van der Waals surface area contributed by atoms with Crippen molar-refractivity contribution in [3.8, 4) is 0 Å². The molecule has 4 atom stereocenters. The number of halogens is 1. The number of benzene rings is 1. The van der Waals surface area contributed by atoms with E-state index in [0.717, 1.165) is 17.5 Å². The summed E-state index contributed by atoms with van der Waals surface area (Å²) in [4.78, 5) is 0. The van der Waals surface area contributed by atoms with E-state index in [1.54, 1.807) is 0 Å². The molecule has 0 spiro atoms. The van der Waals surface area contributed by atoms with E-state index in [2.05, 4.69) is 66.3 Å². The Kier molecular flexibility index (Phi) is 3.95. The van der Waals surface area contributed by atoms with Gasteiger partial charge in [0.05, 0.1) is 6.10 Å². The van der Waals surface area contributed by atoms with Crippen molar-refractivity contribution in [1.29, 1.82) is 0 Å². The first-order valence-electron chi connectivity index (χ1n) is 7.67. The predicted molar refractivity (Wildman–Crippen MR) is 85.7 cm³/mol. The zero-order valence-corrected chi connectivity index (χ0v) is 14.1. The Morgan fingerprint density at radius 2 is 2.05 bits per heavy atom. The average Bonchev–Trinajstić information content (AvgIpc) is 2.88. The van der Waals surface area contributed by atoms with Crippen molar-refractivity contribution < 1.29 is 4.74 Å². The highest BCUT2D eigenvalue weighted by Gasteiger charge is 2.59. The molecule has 0 radical (unpaired) electrons. The van der Waals surface area contributed by atoms with Crippen LogP contribution in [0.15, 0.2) is 28.7 Å². The van der Waals surface area contributed by atoms with Crippen molar-refractivity contribution in [3.63, 3.8) is 0 Å². The smallest absolute Gasteiger partial charge is 0.0685 e. The van der Waals surface area contributed by atoms with Gasteiger partial charge in [0.15, 0.2) is 0 Å². The summed E-state index contributed by atoms with van der Waals surface area (Å²) in [6, 6.07) is 9.72. The first-order valence-corrected chi connectivity index (χ1v) is 8.46. The fourth-order valence-electron chi connectivity index (χ4n) is 4.02. The summed E-state index contributed by atoms with van der Waals surface area (Å²) in [5, 5.41) is 3.91. The van der Waals surface area contributed by atoms with E-state index in [1.165, 1.54) is 12.0 Å². The van der Waals surface area contributed by atoms with Gasteiger partial charge in [0, 0.05) is 34.5 Å². The molecule has 3 heteroatoms. The van der Waals surface area contributed by atoms with Crippen molar-refractivity contribution in [2.45, 2.75) is 51.8 Å². The van der Waals surface area contributed by atoms with Crippen molar-refractivity contribution in [1.82, 2.24) is 5.32 Å². The van der Waals surface area contributed by atoms with Crippen LogP contribution in [0.4, 0.5) is 0 Å². The molecule has 1 aliphatic heterocycles. The van der Waals surface area contributed by atoms with E-state index < -0.39 is 0 Å². The number of fused-ring (bicyclic) bond motifs is 1. The first-order chi connectivity index (χ1) is 9.54. The average molecular weight is 338 g/mol. The van der Waals surface area contributed by atoms with Crippen LogP contribution < -0.4 is 5.32 Å². The maximum atomic E-state index is 5.89. The lowest BCUT2D eigenvalue weighted by atomic mass is 9.57. The summed E-state index contributed by atoms with van der Waals surface area (Å²) in [6.45, 7) is 7.87. The third-order valence-corrected chi connectivity index (χ3v) is 5.69. The second kappa shape index (κ2) is 5.43. The fourth-order valence-corrected chi connectivity index (χ4v) is 4.29. The molecule has 2 aliphatic rings. The number of hydrogen-bond donors (Lipinski definition) is 1. The molecule has 4 unspecified atom stereocenters. The van der Waals surface area contributed by atoms with Gasteiger partial charge in [-0.2, -0.15) is 0 Å². The normalized spacial score (nSPS) is 32.5. The fraction of sp³-hybridized carbons (Fsp3) is 0.647. The molecule has 0 aromatic heterocycles. The second-order valence-corrected chi connectivity index (χ2v) is 7.64. The zero-order chi connectivity index (χ0) is 14.3. The van der Waals surface area contributed by atoms with Gasteiger partial charge in [-0.1, -0.05) is 48.8 Å². The van der Waals surface area contributed by atoms with Crippen LogP contribution in [0.25, 0.3) is 0 Å². The molecule has 1 aromatic rings. The zero-order valence-electron chi connectivity index (χ0n) is 12.5. The van der Waals surface area contributed by atoms with Crippen LogP contribution in [0.2, 0.25) is 0 Å². The van der Waals surface area contributed by atoms with E-state index in [0.29, 0.717) is 24.1 Å². The topological polar surface area (TPSA) is 21.3 Å². The van der Waals surface area contributed by atoms with E-state index in [4.69, 9.17) is 4.74 Å². The molecule has 1 saturated carbocycles. The molecule has 2 fully saturated rings. The lowest BCUT2D eigenvalue weighted by molar-refractivity contribution is -0.115. The highest BCUT2D eigenvalue weighted by atomic mass is 79.9. The monoisotopic (exact) mass is 337 g/mol. The van der Waals surface area contributed by atoms with Crippen molar-refractivity contribution in [2.75, 3.05) is 6.61 Å². The first kappa shape index (κ1) is 14.6. The van der Waals surface area contributed by atoms with Gasteiger partial charge >= 0.3 is 0 Å². The van der Waals surface area contributed by atoms with Gasteiger partial charge < -0.3 is 10.1 Å². The number of ether oxygens (including phenoxy) is 1. The lowest BCUT2D eigenvalue weighted by Crippen LogP contribution is -2.66. The summed E-state index contributed by atoms with van der Waals surface area (Å²) in [6.07, 6.45) is 2.79. The van der Waals surface area contributed by atoms with Gasteiger partial charge in [-0.05, 0) is 30.5 Å². The third kappa shape index (κ3) is 2.34. The Morgan fingerprint density at radius 3 is 2.70 bits per heavy atom. The number of nitrogens with one attached hydrogen (secondary N) is 1. The molecule has 3 rings (SSSR count). The minimum Gasteiger partial charge on any atom is -0.377 e. The minimum atomic E-state index is 0.254. The summed E-state index contributed by atoms with van der Waals surface area (Å²) >= 11 is 3.51. The summed E-state index contributed by atoms with van der Waals surface area (Å²) in [7, 11) is 0. The van der Waals surface area contributed by atoms with Crippen LogP contribution in [0.3, 0.4) is 0 Å². The molecule has 0 amide bonds. The largest absolute Gasteiger partial charge is 0.377 e. The Balaban J connectivity index is 1.73. The quantitative estimate of drug-likeness (QED) is 0.884. The molecule has 1 heterocycles. The SMILES string of the molecule is CCC(NC1C2CCOC2C1(C)C)c1ccc(Br)cc1.